The lowest BCUT2D eigenvalue weighted by molar-refractivity contribution is 0.519. The van der Waals surface area contributed by atoms with Crippen molar-refractivity contribution in [3.63, 3.8) is 0 Å². The number of halogens is 1. The third-order valence-electron chi connectivity index (χ3n) is 3.85. The summed E-state index contributed by atoms with van der Waals surface area (Å²) in [6.07, 6.45) is 3.76. The molecule has 1 aromatic heterocycles. The minimum Gasteiger partial charge on any atom is -0.329 e. The fourth-order valence-corrected chi connectivity index (χ4v) is 4.05. The molecule has 3 rings (SSSR count). The number of rotatable bonds is 5. The lowest BCUT2D eigenvalue weighted by Crippen LogP contribution is -2.41. The highest BCUT2D eigenvalue weighted by Gasteiger charge is 2.33. The molecule has 2 aromatic rings. The number of hydrogen-bond acceptors (Lipinski definition) is 4. The lowest BCUT2D eigenvalue weighted by atomic mass is 10.2. The molecule has 5 nitrogen and oxygen atoms in total. The molecule has 22 heavy (non-hydrogen) atoms. The monoisotopic (exact) mass is 341 g/mol. The first-order chi connectivity index (χ1) is 10.0. The average molecular weight is 342 g/mol. The summed E-state index contributed by atoms with van der Waals surface area (Å²) in [5.74, 6) is 0.370. The summed E-state index contributed by atoms with van der Waals surface area (Å²) in [5.41, 5.74) is 7.19. The van der Waals surface area contributed by atoms with Gasteiger partial charge >= 0.3 is 0 Å². The van der Waals surface area contributed by atoms with Crippen molar-refractivity contribution in [2.45, 2.75) is 30.7 Å². The molecule has 0 bridgehead atoms. The molecule has 0 amide bonds. The number of nitrogens with one attached hydrogen (secondary N) is 1. The molecular weight excluding hydrogens is 322 g/mol. The van der Waals surface area contributed by atoms with E-state index in [1.165, 1.54) is 0 Å². The number of pyridine rings is 1. The SMILES string of the molecule is Cc1cnc2c(S(=O)(=O)NC(CN)C3CC3)cccc2c1.Cl. The Labute approximate surface area is 136 Å². The summed E-state index contributed by atoms with van der Waals surface area (Å²) in [6.45, 7) is 2.25. The van der Waals surface area contributed by atoms with Gasteiger partial charge in [-0.25, -0.2) is 13.1 Å². The normalized spacial score (nSPS) is 16.3. The molecule has 1 aliphatic rings. The van der Waals surface area contributed by atoms with E-state index in [-0.39, 0.29) is 23.3 Å². The molecular formula is C15H20ClN3O2S. The molecule has 0 spiro atoms. The highest BCUT2D eigenvalue weighted by molar-refractivity contribution is 7.89. The van der Waals surface area contributed by atoms with E-state index in [2.05, 4.69) is 9.71 Å². The Morgan fingerprint density at radius 3 is 2.77 bits per heavy atom. The van der Waals surface area contributed by atoms with Gasteiger partial charge in [0.1, 0.15) is 4.90 Å². The van der Waals surface area contributed by atoms with Crippen LogP contribution in [0.3, 0.4) is 0 Å². The highest BCUT2D eigenvalue weighted by Crippen LogP contribution is 2.33. The summed E-state index contributed by atoms with van der Waals surface area (Å²) < 4.78 is 28.0. The Kier molecular flexibility index (Phi) is 5.07. The van der Waals surface area contributed by atoms with Gasteiger partial charge in [-0.05, 0) is 43.4 Å². The van der Waals surface area contributed by atoms with Gasteiger partial charge in [-0.15, -0.1) is 12.4 Å². The van der Waals surface area contributed by atoms with Crippen molar-refractivity contribution in [1.82, 2.24) is 9.71 Å². The number of aromatic nitrogens is 1. The number of para-hydroxylation sites is 1. The maximum Gasteiger partial charge on any atom is 0.243 e. The van der Waals surface area contributed by atoms with E-state index < -0.39 is 10.0 Å². The highest BCUT2D eigenvalue weighted by atomic mass is 35.5. The third-order valence-corrected chi connectivity index (χ3v) is 5.37. The van der Waals surface area contributed by atoms with Crippen LogP contribution in [0.5, 0.6) is 0 Å². The Hall–Kier alpha value is -1.21. The molecule has 1 aliphatic carbocycles. The van der Waals surface area contributed by atoms with Crippen molar-refractivity contribution in [3.05, 3.63) is 36.0 Å². The van der Waals surface area contributed by atoms with E-state index in [4.69, 9.17) is 5.73 Å². The Balaban J connectivity index is 0.00000176. The van der Waals surface area contributed by atoms with Gasteiger partial charge in [-0.2, -0.15) is 0 Å². The predicted octanol–water partition coefficient (Wildman–Crippen LogP) is 1.98. The second-order valence-corrected chi connectivity index (χ2v) is 7.32. The Morgan fingerprint density at radius 2 is 2.14 bits per heavy atom. The Morgan fingerprint density at radius 1 is 1.41 bits per heavy atom. The van der Waals surface area contributed by atoms with Crippen molar-refractivity contribution >= 4 is 33.3 Å². The van der Waals surface area contributed by atoms with Crippen molar-refractivity contribution < 1.29 is 8.42 Å². The minimum absolute atomic E-state index is 0. The first-order valence-electron chi connectivity index (χ1n) is 7.09. The van der Waals surface area contributed by atoms with Crippen LogP contribution in [0.1, 0.15) is 18.4 Å². The van der Waals surface area contributed by atoms with Gasteiger partial charge in [0, 0.05) is 24.2 Å². The summed E-state index contributed by atoms with van der Waals surface area (Å²) in [7, 11) is -3.61. The minimum atomic E-state index is -3.61. The summed E-state index contributed by atoms with van der Waals surface area (Å²) in [6, 6.07) is 6.95. The van der Waals surface area contributed by atoms with Gasteiger partial charge in [-0.1, -0.05) is 12.1 Å². The number of fused-ring (bicyclic) bond motifs is 1. The van der Waals surface area contributed by atoms with Crippen LogP contribution >= 0.6 is 12.4 Å². The smallest absolute Gasteiger partial charge is 0.243 e. The largest absolute Gasteiger partial charge is 0.329 e. The van der Waals surface area contributed by atoms with E-state index in [9.17, 15) is 8.42 Å². The van der Waals surface area contributed by atoms with Gasteiger partial charge in [0.2, 0.25) is 10.0 Å². The number of nitrogens with two attached hydrogens (primary N) is 1. The van der Waals surface area contributed by atoms with Crippen molar-refractivity contribution in [2.24, 2.45) is 11.7 Å². The predicted molar refractivity (Wildman–Crippen MR) is 89.6 cm³/mol. The van der Waals surface area contributed by atoms with E-state index in [0.29, 0.717) is 18.0 Å². The number of benzene rings is 1. The molecule has 1 saturated carbocycles. The maximum atomic E-state index is 12.6. The number of aryl methyl sites for hydroxylation is 1. The van der Waals surface area contributed by atoms with Crippen LogP contribution in [0.25, 0.3) is 10.9 Å². The van der Waals surface area contributed by atoms with Gasteiger partial charge in [0.25, 0.3) is 0 Å². The molecule has 1 heterocycles. The lowest BCUT2D eigenvalue weighted by Gasteiger charge is -2.17. The fraction of sp³-hybridized carbons (Fsp3) is 0.400. The summed E-state index contributed by atoms with van der Waals surface area (Å²) in [4.78, 5) is 4.51. The molecule has 120 valence electrons. The van der Waals surface area contributed by atoms with E-state index >= 15 is 0 Å². The molecule has 0 saturated heterocycles. The van der Waals surface area contributed by atoms with Crippen molar-refractivity contribution in [3.8, 4) is 0 Å². The van der Waals surface area contributed by atoms with Crippen LogP contribution in [-0.2, 0) is 10.0 Å². The van der Waals surface area contributed by atoms with Crippen molar-refractivity contribution in [2.75, 3.05) is 6.54 Å². The first kappa shape index (κ1) is 17.1. The fourth-order valence-electron chi connectivity index (χ4n) is 2.56. The molecule has 1 atom stereocenters. The molecule has 1 unspecified atom stereocenters. The molecule has 1 fully saturated rings. The average Bonchev–Trinajstić information content (AvgIpc) is 3.28. The third kappa shape index (κ3) is 3.41. The topological polar surface area (TPSA) is 85.1 Å². The molecule has 7 heteroatoms. The molecule has 3 N–H and O–H groups in total. The maximum absolute atomic E-state index is 12.6. The van der Waals surface area contributed by atoms with Crippen LogP contribution in [0.15, 0.2) is 35.4 Å². The quantitative estimate of drug-likeness (QED) is 0.870. The number of sulfonamides is 1. The van der Waals surface area contributed by atoms with Gasteiger partial charge in [0.15, 0.2) is 0 Å². The van der Waals surface area contributed by atoms with Gasteiger partial charge in [0.05, 0.1) is 5.52 Å². The number of hydrogen-bond donors (Lipinski definition) is 2. The Bertz CT molecular complexity index is 775. The zero-order valence-corrected chi connectivity index (χ0v) is 14.0. The van der Waals surface area contributed by atoms with E-state index in [1.54, 1.807) is 18.3 Å². The molecule has 0 radical (unpaired) electrons. The second kappa shape index (κ2) is 6.50. The molecule has 1 aromatic carbocycles. The zero-order valence-electron chi connectivity index (χ0n) is 12.3. The summed E-state index contributed by atoms with van der Waals surface area (Å²) in [5, 5.41) is 0.827. The van der Waals surface area contributed by atoms with Gasteiger partial charge in [-0.3, -0.25) is 4.98 Å². The zero-order chi connectivity index (χ0) is 15.0. The standard InChI is InChI=1S/C15H19N3O2S.ClH/c1-10-7-12-3-2-4-14(15(12)17-9-10)21(19,20)18-13(8-16)11-5-6-11;/h2-4,7,9,11,13,18H,5-6,8,16H2,1H3;1H. The van der Waals surface area contributed by atoms with Crippen LogP contribution in [0.2, 0.25) is 0 Å². The van der Waals surface area contributed by atoms with Gasteiger partial charge < -0.3 is 5.73 Å². The molecule has 0 aliphatic heterocycles. The van der Waals surface area contributed by atoms with Crippen LogP contribution in [0, 0.1) is 12.8 Å². The van der Waals surface area contributed by atoms with Crippen molar-refractivity contribution in [1.29, 1.82) is 0 Å². The van der Waals surface area contributed by atoms with E-state index in [0.717, 1.165) is 23.8 Å². The summed E-state index contributed by atoms with van der Waals surface area (Å²) >= 11 is 0. The van der Waals surface area contributed by atoms with Crippen LogP contribution in [-0.4, -0.2) is 26.0 Å². The second-order valence-electron chi connectivity index (χ2n) is 5.64. The number of nitrogens with zero attached hydrogens (tertiary/aromatic N) is 1. The first-order valence-corrected chi connectivity index (χ1v) is 8.57. The van der Waals surface area contributed by atoms with Crippen LogP contribution < -0.4 is 10.5 Å². The van der Waals surface area contributed by atoms with E-state index in [1.807, 2.05) is 19.1 Å². The van der Waals surface area contributed by atoms with Crippen LogP contribution in [0.4, 0.5) is 0 Å².